The van der Waals surface area contributed by atoms with Crippen LogP contribution in [-0.4, -0.2) is 26.8 Å². The molecular formula is C12H15N3O2S. The van der Waals surface area contributed by atoms with Crippen LogP contribution in [0.2, 0.25) is 0 Å². The molecule has 1 N–H and O–H groups in total. The third-order valence-corrected chi connectivity index (χ3v) is 3.37. The number of unbranched alkanes of at least 4 members (excludes halogenated alkanes) is 1. The number of nitrogens with zero attached hydrogens (tertiary/aromatic N) is 3. The standard InChI is InChI=1S/C12H15N3O2S/c1-3-9-14-8(2)10(12(16)17)11(15-9)18-7-5-4-6-13/h3-5,7H2,1-2H3,(H,16,17). The maximum atomic E-state index is 11.2. The highest BCUT2D eigenvalue weighted by Gasteiger charge is 2.17. The summed E-state index contributed by atoms with van der Waals surface area (Å²) in [7, 11) is 0. The van der Waals surface area contributed by atoms with Gasteiger partial charge in [0.05, 0.1) is 11.8 Å². The number of nitriles is 1. The van der Waals surface area contributed by atoms with Crippen molar-refractivity contribution < 1.29 is 9.90 Å². The van der Waals surface area contributed by atoms with Crippen LogP contribution in [0.5, 0.6) is 0 Å². The second-order valence-corrected chi connectivity index (χ2v) is 4.76. The molecule has 18 heavy (non-hydrogen) atoms. The number of aromatic carboxylic acids is 1. The highest BCUT2D eigenvalue weighted by molar-refractivity contribution is 7.99. The molecule has 0 saturated carbocycles. The Morgan fingerprint density at radius 2 is 2.22 bits per heavy atom. The highest BCUT2D eigenvalue weighted by Crippen LogP contribution is 2.24. The fourth-order valence-electron chi connectivity index (χ4n) is 1.43. The summed E-state index contributed by atoms with van der Waals surface area (Å²) in [6.45, 7) is 3.61. The molecule has 0 spiro atoms. The fourth-order valence-corrected chi connectivity index (χ4v) is 2.46. The molecule has 1 rings (SSSR count). The summed E-state index contributed by atoms with van der Waals surface area (Å²) in [4.78, 5) is 19.6. The van der Waals surface area contributed by atoms with Crippen LogP contribution in [0.4, 0.5) is 0 Å². The Bertz CT molecular complexity index is 483. The van der Waals surface area contributed by atoms with Gasteiger partial charge in [-0.15, -0.1) is 11.8 Å². The lowest BCUT2D eigenvalue weighted by molar-refractivity contribution is 0.0690. The average molecular weight is 265 g/mol. The molecule has 0 aliphatic rings. The van der Waals surface area contributed by atoms with Crippen LogP contribution in [0.3, 0.4) is 0 Å². The van der Waals surface area contributed by atoms with E-state index in [9.17, 15) is 4.79 Å². The van der Waals surface area contributed by atoms with Gasteiger partial charge in [-0.05, 0) is 13.3 Å². The first-order valence-electron chi connectivity index (χ1n) is 5.70. The molecular weight excluding hydrogens is 250 g/mol. The molecule has 0 radical (unpaired) electrons. The second-order valence-electron chi connectivity index (χ2n) is 3.67. The number of hydrogen-bond acceptors (Lipinski definition) is 5. The zero-order valence-electron chi connectivity index (χ0n) is 10.4. The summed E-state index contributed by atoms with van der Waals surface area (Å²) in [6, 6.07) is 2.06. The fraction of sp³-hybridized carbons (Fsp3) is 0.500. The van der Waals surface area contributed by atoms with E-state index in [-0.39, 0.29) is 5.56 Å². The molecule has 0 aliphatic carbocycles. The summed E-state index contributed by atoms with van der Waals surface area (Å²) in [5.41, 5.74) is 0.672. The zero-order valence-corrected chi connectivity index (χ0v) is 11.3. The number of aryl methyl sites for hydroxylation is 2. The molecule has 0 saturated heterocycles. The van der Waals surface area contributed by atoms with Gasteiger partial charge in [-0.2, -0.15) is 5.26 Å². The van der Waals surface area contributed by atoms with Crippen LogP contribution in [0.25, 0.3) is 0 Å². The van der Waals surface area contributed by atoms with E-state index in [1.807, 2.05) is 6.92 Å². The smallest absolute Gasteiger partial charge is 0.340 e. The predicted octanol–water partition coefficient (Wildman–Crippen LogP) is 2.44. The van der Waals surface area contributed by atoms with E-state index in [0.717, 1.165) is 6.42 Å². The van der Waals surface area contributed by atoms with Crippen molar-refractivity contribution in [1.29, 1.82) is 5.26 Å². The van der Waals surface area contributed by atoms with Crippen molar-refractivity contribution in [2.24, 2.45) is 0 Å². The monoisotopic (exact) mass is 265 g/mol. The Labute approximate surface area is 110 Å². The maximum Gasteiger partial charge on any atom is 0.340 e. The van der Waals surface area contributed by atoms with Crippen molar-refractivity contribution in [1.82, 2.24) is 9.97 Å². The van der Waals surface area contributed by atoms with E-state index in [4.69, 9.17) is 10.4 Å². The van der Waals surface area contributed by atoms with Gasteiger partial charge in [0.1, 0.15) is 16.4 Å². The minimum atomic E-state index is -1.00. The SMILES string of the molecule is CCc1nc(C)c(C(=O)O)c(SCCCC#N)n1. The molecule has 0 aromatic carbocycles. The van der Waals surface area contributed by atoms with Crippen LogP contribution in [-0.2, 0) is 6.42 Å². The van der Waals surface area contributed by atoms with Crippen molar-refractivity contribution in [3.8, 4) is 6.07 Å². The lowest BCUT2D eigenvalue weighted by Crippen LogP contribution is -2.09. The van der Waals surface area contributed by atoms with E-state index in [2.05, 4.69) is 16.0 Å². The Hall–Kier alpha value is -1.61. The van der Waals surface area contributed by atoms with Crippen LogP contribution in [0.15, 0.2) is 5.03 Å². The molecule has 6 heteroatoms. The Morgan fingerprint density at radius 1 is 1.50 bits per heavy atom. The van der Waals surface area contributed by atoms with E-state index < -0.39 is 5.97 Å². The topological polar surface area (TPSA) is 86.9 Å². The van der Waals surface area contributed by atoms with E-state index >= 15 is 0 Å². The second kappa shape index (κ2) is 6.97. The van der Waals surface area contributed by atoms with Gasteiger partial charge in [0.2, 0.25) is 0 Å². The molecule has 96 valence electrons. The number of rotatable bonds is 6. The Morgan fingerprint density at radius 3 is 2.78 bits per heavy atom. The van der Waals surface area contributed by atoms with Gasteiger partial charge in [-0.1, -0.05) is 6.92 Å². The van der Waals surface area contributed by atoms with Gasteiger partial charge in [0.25, 0.3) is 0 Å². The largest absolute Gasteiger partial charge is 0.478 e. The normalized spacial score (nSPS) is 10.1. The van der Waals surface area contributed by atoms with Gasteiger partial charge in [-0.25, -0.2) is 14.8 Å². The molecule has 0 unspecified atom stereocenters. The number of hydrogen-bond donors (Lipinski definition) is 1. The lowest BCUT2D eigenvalue weighted by atomic mass is 10.2. The Kier molecular flexibility index (Phi) is 5.59. The van der Waals surface area contributed by atoms with Crippen LogP contribution in [0.1, 0.15) is 41.6 Å². The lowest BCUT2D eigenvalue weighted by Gasteiger charge is -2.08. The zero-order chi connectivity index (χ0) is 13.5. The molecule has 0 fully saturated rings. The highest BCUT2D eigenvalue weighted by atomic mass is 32.2. The van der Waals surface area contributed by atoms with Gasteiger partial charge in [0.15, 0.2) is 0 Å². The van der Waals surface area contributed by atoms with Crippen molar-refractivity contribution >= 4 is 17.7 Å². The van der Waals surface area contributed by atoms with Crippen molar-refractivity contribution in [2.45, 2.75) is 38.1 Å². The van der Waals surface area contributed by atoms with E-state index in [0.29, 0.717) is 35.1 Å². The van der Waals surface area contributed by atoms with Crippen molar-refractivity contribution in [3.63, 3.8) is 0 Å². The van der Waals surface area contributed by atoms with Crippen molar-refractivity contribution in [3.05, 3.63) is 17.1 Å². The van der Waals surface area contributed by atoms with Gasteiger partial charge in [0, 0.05) is 18.6 Å². The third-order valence-electron chi connectivity index (χ3n) is 2.30. The molecule has 0 amide bonds. The first kappa shape index (κ1) is 14.5. The summed E-state index contributed by atoms with van der Waals surface area (Å²) < 4.78 is 0. The molecule has 0 aliphatic heterocycles. The van der Waals surface area contributed by atoms with Gasteiger partial charge >= 0.3 is 5.97 Å². The summed E-state index contributed by atoms with van der Waals surface area (Å²) in [5, 5.41) is 18.1. The van der Waals surface area contributed by atoms with Gasteiger partial charge in [-0.3, -0.25) is 0 Å². The molecule has 0 atom stereocenters. The minimum Gasteiger partial charge on any atom is -0.478 e. The minimum absolute atomic E-state index is 0.175. The number of thioether (sulfide) groups is 1. The predicted molar refractivity (Wildman–Crippen MR) is 68.7 cm³/mol. The maximum absolute atomic E-state index is 11.2. The molecule has 1 aromatic heterocycles. The Balaban J connectivity index is 2.95. The first-order chi connectivity index (χ1) is 8.60. The molecule has 1 aromatic rings. The number of carboxylic acid groups (broad SMARTS) is 1. The van der Waals surface area contributed by atoms with Gasteiger partial charge < -0.3 is 5.11 Å². The number of carboxylic acids is 1. The number of carbonyl (C=O) groups is 1. The van der Waals surface area contributed by atoms with Crippen LogP contribution < -0.4 is 0 Å². The van der Waals surface area contributed by atoms with E-state index in [1.165, 1.54) is 11.8 Å². The summed E-state index contributed by atoms with van der Waals surface area (Å²) >= 11 is 1.38. The van der Waals surface area contributed by atoms with Crippen LogP contribution >= 0.6 is 11.8 Å². The quantitative estimate of drug-likeness (QED) is 0.483. The molecule has 1 heterocycles. The number of aromatic nitrogens is 2. The van der Waals surface area contributed by atoms with Crippen LogP contribution in [0, 0.1) is 18.3 Å². The molecule has 5 nitrogen and oxygen atoms in total. The first-order valence-corrected chi connectivity index (χ1v) is 6.69. The van der Waals surface area contributed by atoms with E-state index in [1.54, 1.807) is 6.92 Å². The molecule has 0 bridgehead atoms. The third kappa shape index (κ3) is 3.70. The average Bonchev–Trinajstić information content (AvgIpc) is 2.33. The summed E-state index contributed by atoms with van der Waals surface area (Å²) in [5.74, 6) is 0.339. The van der Waals surface area contributed by atoms with Crippen molar-refractivity contribution in [2.75, 3.05) is 5.75 Å². The summed E-state index contributed by atoms with van der Waals surface area (Å²) in [6.07, 6.45) is 1.87.